The Morgan fingerprint density at radius 3 is 2.82 bits per heavy atom. The molecule has 0 radical (unpaired) electrons. The Balaban J connectivity index is 1.68. The first kappa shape index (κ1) is 15.0. The first-order valence-corrected chi connectivity index (χ1v) is 8.36. The van der Waals surface area contributed by atoms with Crippen molar-refractivity contribution in [2.24, 2.45) is 0 Å². The number of nitrogens with one attached hydrogen (secondary N) is 1. The summed E-state index contributed by atoms with van der Waals surface area (Å²) >= 11 is 4.86. The second-order valence-corrected chi connectivity index (χ2v) is 7.30. The Kier molecular flexibility index (Phi) is 4.40. The number of benzene rings is 1. The van der Waals surface area contributed by atoms with Crippen LogP contribution in [0, 0.1) is 6.92 Å². The number of carbonyl (C=O) groups is 1. The van der Waals surface area contributed by atoms with Gasteiger partial charge in [0, 0.05) is 6.20 Å². The van der Waals surface area contributed by atoms with Gasteiger partial charge in [0.15, 0.2) is 0 Å². The van der Waals surface area contributed by atoms with E-state index in [-0.39, 0.29) is 5.91 Å². The SMILES string of the molecule is Cc1cc(C(=O)Nc2cnn(Cc3ccccc3)c2)sc1Br. The summed E-state index contributed by atoms with van der Waals surface area (Å²) in [7, 11) is 0. The number of aryl methyl sites for hydroxylation is 1. The molecule has 0 aliphatic carbocycles. The zero-order chi connectivity index (χ0) is 15.5. The number of amides is 1. The molecule has 3 aromatic rings. The molecule has 0 fully saturated rings. The Hall–Kier alpha value is -1.92. The van der Waals surface area contributed by atoms with Crippen LogP contribution < -0.4 is 5.32 Å². The maximum absolute atomic E-state index is 12.2. The van der Waals surface area contributed by atoms with E-state index in [0.717, 1.165) is 9.35 Å². The molecule has 112 valence electrons. The molecule has 1 N–H and O–H groups in total. The van der Waals surface area contributed by atoms with Crippen LogP contribution in [0.5, 0.6) is 0 Å². The summed E-state index contributed by atoms with van der Waals surface area (Å²) in [6.45, 7) is 2.65. The van der Waals surface area contributed by atoms with Gasteiger partial charge in [0.25, 0.3) is 5.91 Å². The van der Waals surface area contributed by atoms with E-state index in [2.05, 4.69) is 26.3 Å². The molecule has 0 atom stereocenters. The van der Waals surface area contributed by atoms with Crippen LogP contribution in [0.15, 0.2) is 52.6 Å². The van der Waals surface area contributed by atoms with Gasteiger partial charge in [0.1, 0.15) is 0 Å². The molecule has 3 rings (SSSR count). The van der Waals surface area contributed by atoms with Crippen LogP contribution >= 0.6 is 27.3 Å². The molecule has 2 heterocycles. The van der Waals surface area contributed by atoms with Crippen LogP contribution in [0.3, 0.4) is 0 Å². The van der Waals surface area contributed by atoms with Crippen molar-refractivity contribution in [3.63, 3.8) is 0 Å². The second-order valence-electron chi connectivity index (χ2n) is 4.93. The van der Waals surface area contributed by atoms with Crippen LogP contribution in [0.2, 0.25) is 0 Å². The summed E-state index contributed by atoms with van der Waals surface area (Å²) in [6.07, 6.45) is 3.50. The first-order chi connectivity index (χ1) is 10.6. The summed E-state index contributed by atoms with van der Waals surface area (Å²) in [5.41, 5.74) is 2.93. The van der Waals surface area contributed by atoms with Gasteiger partial charge in [-0.3, -0.25) is 9.48 Å². The molecular formula is C16H14BrN3OS. The van der Waals surface area contributed by atoms with Crippen molar-refractivity contribution in [1.29, 1.82) is 0 Å². The lowest BCUT2D eigenvalue weighted by Crippen LogP contribution is -2.09. The lowest BCUT2D eigenvalue weighted by atomic mass is 10.2. The van der Waals surface area contributed by atoms with Crippen LogP contribution in [-0.4, -0.2) is 15.7 Å². The lowest BCUT2D eigenvalue weighted by Gasteiger charge is -2.01. The third-order valence-electron chi connectivity index (χ3n) is 3.16. The van der Waals surface area contributed by atoms with Crippen molar-refractivity contribution in [2.45, 2.75) is 13.5 Å². The highest BCUT2D eigenvalue weighted by Gasteiger charge is 2.12. The standard InChI is InChI=1S/C16H14BrN3OS/c1-11-7-14(22-15(11)17)16(21)19-13-8-18-20(10-13)9-12-5-3-2-4-6-12/h2-8,10H,9H2,1H3,(H,19,21). The normalized spacial score (nSPS) is 10.6. The minimum absolute atomic E-state index is 0.113. The molecule has 0 saturated heterocycles. The van der Waals surface area contributed by atoms with Gasteiger partial charge in [-0.15, -0.1) is 11.3 Å². The fraction of sp³-hybridized carbons (Fsp3) is 0.125. The van der Waals surface area contributed by atoms with Crippen molar-refractivity contribution >= 4 is 38.9 Å². The van der Waals surface area contributed by atoms with Crippen molar-refractivity contribution < 1.29 is 4.79 Å². The Bertz CT molecular complexity index is 775. The van der Waals surface area contributed by atoms with Crippen molar-refractivity contribution in [3.8, 4) is 0 Å². The summed E-state index contributed by atoms with van der Waals surface area (Å²) in [6, 6.07) is 12.0. The average Bonchev–Trinajstić information content (AvgIpc) is 3.07. The summed E-state index contributed by atoms with van der Waals surface area (Å²) < 4.78 is 2.79. The van der Waals surface area contributed by atoms with Crippen LogP contribution in [0.1, 0.15) is 20.8 Å². The fourth-order valence-electron chi connectivity index (χ4n) is 2.05. The number of aromatic nitrogens is 2. The van der Waals surface area contributed by atoms with Crippen LogP contribution in [-0.2, 0) is 6.54 Å². The minimum Gasteiger partial charge on any atom is -0.319 e. The van der Waals surface area contributed by atoms with Gasteiger partial charge in [0.05, 0.1) is 27.1 Å². The molecule has 0 unspecified atom stereocenters. The average molecular weight is 376 g/mol. The van der Waals surface area contributed by atoms with Gasteiger partial charge in [-0.1, -0.05) is 30.3 Å². The highest BCUT2D eigenvalue weighted by atomic mass is 79.9. The quantitative estimate of drug-likeness (QED) is 0.737. The number of hydrogen-bond acceptors (Lipinski definition) is 3. The molecule has 0 saturated carbocycles. The Morgan fingerprint density at radius 2 is 2.14 bits per heavy atom. The number of anilines is 1. The van der Waals surface area contributed by atoms with Gasteiger partial charge in [-0.05, 0) is 40.0 Å². The number of carbonyl (C=O) groups excluding carboxylic acids is 1. The largest absolute Gasteiger partial charge is 0.319 e. The summed E-state index contributed by atoms with van der Waals surface area (Å²) in [4.78, 5) is 12.9. The third-order valence-corrected chi connectivity index (χ3v) is 5.29. The van der Waals surface area contributed by atoms with E-state index in [9.17, 15) is 4.79 Å². The lowest BCUT2D eigenvalue weighted by molar-refractivity contribution is 0.103. The van der Waals surface area contributed by atoms with E-state index in [4.69, 9.17) is 0 Å². The summed E-state index contributed by atoms with van der Waals surface area (Å²) in [5.74, 6) is -0.113. The van der Waals surface area contributed by atoms with Crippen LogP contribution in [0.4, 0.5) is 5.69 Å². The molecule has 2 aromatic heterocycles. The molecule has 0 aliphatic rings. The van der Waals surface area contributed by atoms with Gasteiger partial charge in [-0.2, -0.15) is 5.10 Å². The Morgan fingerprint density at radius 1 is 1.36 bits per heavy atom. The van der Waals surface area contributed by atoms with E-state index in [1.165, 1.54) is 16.9 Å². The predicted molar refractivity (Wildman–Crippen MR) is 92.5 cm³/mol. The first-order valence-electron chi connectivity index (χ1n) is 6.75. The van der Waals surface area contributed by atoms with Crippen LogP contribution in [0.25, 0.3) is 0 Å². The van der Waals surface area contributed by atoms with E-state index < -0.39 is 0 Å². The maximum atomic E-state index is 12.2. The second kappa shape index (κ2) is 6.46. The monoisotopic (exact) mass is 375 g/mol. The van der Waals surface area contributed by atoms with Gasteiger partial charge >= 0.3 is 0 Å². The molecule has 4 nitrogen and oxygen atoms in total. The minimum atomic E-state index is -0.113. The molecule has 22 heavy (non-hydrogen) atoms. The zero-order valence-corrected chi connectivity index (χ0v) is 14.3. The molecule has 0 bridgehead atoms. The van der Waals surface area contributed by atoms with E-state index in [1.54, 1.807) is 10.9 Å². The number of halogens is 1. The molecule has 6 heteroatoms. The highest BCUT2D eigenvalue weighted by Crippen LogP contribution is 2.27. The maximum Gasteiger partial charge on any atom is 0.265 e. The summed E-state index contributed by atoms with van der Waals surface area (Å²) in [5, 5.41) is 7.15. The number of thiophene rings is 1. The molecular weight excluding hydrogens is 362 g/mol. The molecule has 1 amide bonds. The van der Waals surface area contributed by atoms with E-state index in [1.807, 2.05) is 49.5 Å². The van der Waals surface area contributed by atoms with E-state index in [0.29, 0.717) is 17.1 Å². The molecule has 1 aromatic carbocycles. The van der Waals surface area contributed by atoms with Crippen molar-refractivity contribution in [1.82, 2.24) is 9.78 Å². The van der Waals surface area contributed by atoms with E-state index >= 15 is 0 Å². The number of hydrogen-bond donors (Lipinski definition) is 1. The smallest absolute Gasteiger partial charge is 0.265 e. The van der Waals surface area contributed by atoms with Crippen molar-refractivity contribution in [2.75, 3.05) is 5.32 Å². The van der Waals surface area contributed by atoms with Gasteiger partial charge < -0.3 is 5.32 Å². The van der Waals surface area contributed by atoms with Crippen molar-refractivity contribution in [3.05, 3.63) is 68.6 Å². The Labute approximate surface area is 140 Å². The molecule has 0 aliphatic heterocycles. The predicted octanol–water partition coefficient (Wildman–Crippen LogP) is 4.32. The topological polar surface area (TPSA) is 46.9 Å². The zero-order valence-electron chi connectivity index (χ0n) is 11.9. The van der Waals surface area contributed by atoms with Gasteiger partial charge in [-0.25, -0.2) is 0 Å². The fourth-order valence-corrected chi connectivity index (χ4v) is 3.48. The number of rotatable bonds is 4. The van der Waals surface area contributed by atoms with Gasteiger partial charge in [0.2, 0.25) is 0 Å². The number of nitrogens with zero attached hydrogens (tertiary/aromatic N) is 2. The third kappa shape index (κ3) is 3.45. The molecule has 0 spiro atoms. The highest BCUT2D eigenvalue weighted by molar-refractivity contribution is 9.11.